The summed E-state index contributed by atoms with van der Waals surface area (Å²) < 4.78 is 0.831. The second-order valence-electron chi connectivity index (χ2n) is 4.44. The molecule has 2 aromatic carbocycles. The molecule has 0 aromatic heterocycles. The first-order valence-electron chi connectivity index (χ1n) is 6.43. The van der Waals surface area contributed by atoms with E-state index in [4.69, 9.17) is 5.26 Å². The molecule has 0 atom stereocenters. The topological polar surface area (TPSA) is 82.0 Å². The van der Waals surface area contributed by atoms with Crippen LogP contribution < -0.4 is 10.6 Å². The minimum absolute atomic E-state index is 0.327. The maximum Gasteiger partial charge on any atom is 0.233 e. The fraction of sp³-hybridized carbons (Fsp3) is 0.0625. The highest BCUT2D eigenvalue weighted by atomic mass is 79.9. The van der Waals surface area contributed by atoms with Crippen LogP contribution in [0.15, 0.2) is 53.0 Å². The number of rotatable bonds is 4. The second-order valence-corrected chi connectivity index (χ2v) is 5.36. The first kappa shape index (κ1) is 15.7. The molecule has 2 amide bonds. The lowest BCUT2D eigenvalue weighted by molar-refractivity contribution is -0.123. The fourth-order valence-corrected chi connectivity index (χ4v) is 2.20. The van der Waals surface area contributed by atoms with Gasteiger partial charge in [-0.15, -0.1) is 0 Å². The molecule has 5 nitrogen and oxygen atoms in total. The van der Waals surface area contributed by atoms with Gasteiger partial charge in [0, 0.05) is 10.2 Å². The van der Waals surface area contributed by atoms with E-state index in [1.54, 1.807) is 42.5 Å². The minimum atomic E-state index is -0.477. The second kappa shape index (κ2) is 7.38. The average Bonchev–Trinajstić information content (AvgIpc) is 2.47. The molecule has 22 heavy (non-hydrogen) atoms. The third kappa shape index (κ3) is 4.43. The molecule has 0 bridgehead atoms. The Morgan fingerprint density at radius 1 is 1.05 bits per heavy atom. The monoisotopic (exact) mass is 357 g/mol. The van der Waals surface area contributed by atoms with Gasteiger partial charge in [-0.25, -0.2) is 0 Å². The van der Waals surface area contributed by atoms with E-state index in [0.29, 0.717) is 16.9 Å². The van der Waals surface area contributed by atoms with Crippen LogP contribution >= 0.6 is 15.9 Å². The van der Waals surface area contributed by atoms with Crippen molar-refractivity contribution in [2.24, 2.45) is 0 Å². The number of nitrogens with zero attached hydrogens (tertiary/aromatic N) is 1. The summed E-state index contributed by atoms with van der Waals surface area (Å²) in [7, 11) is 0. The van der Waals surface area contributed by atoms with Gasteiger partial charge in [0.2, 0.25) is 11.8 Å². The molecule has 0 aliphatic carbocycles. The summed E-state index contributed by atoms with van der Waals surface area (Å²) in [5, 5.41) is 14.1. The molecule has 0 saturated heterocycles. The predicted octanol–water partition coefficient (Wildman–Crippen LogP) is 3.29. The van der Waals surface area contributed by atoms with Gasteiger partial charge in [0.15, 0.2) is 0 Å². The van der Waals surface area contributed by atoms with Crippen LogP contribution in [-0.2, 0) is 9.59 Å². The molecule has 110 valence electrons. The van der Waals surface area contributed by atoms with Crippen LogP contribution in [0.1, 0.15) is 12.0 Å². The SMILES string of the molecule is N#Cc1ccccc1NC(=O)CC(=O)Nc1cccc(Br)c1. The molecule has 2 N–H and O–H groups in total. The van der Waals surface area contributed by atoms with Crippen LogP contribution in [0.25, 0.3) is 0 Å². The molecule has 0 heterocycles. The molecule has 0 aliphatic heterocycles. The van der Waals surface area contributed by atoms with Crippen LogP contribution in [0.5, 0.6) is 0 Å². The molecule has 0 spiro atoms. The number of para-hydroxylation sites is 1. The number of nitrogens with one attached hydrogen (secondary N) is 2. The number of carbonyl (C=O) groups is 2. The highest BCUT2D eigenvalue weighted by molar-refractivity contribution is 9.10. The van der Waals surface area contributed by atoms with Gasteiger partial charge in [0.1, 0.15) is 12.5 Å². The minimum Gasteiger partial charge on any atom is -0.326 e. The lowest BCUT2D eigenvalue weighted by atomic mass is 10.2. The Balaban J connectivity index is 1.94. The number of hydrogen-bond donors (Lipinski definition) is 2. The molecule has 6 heteroatoms. The van der Waals surface area contributed by atoms with Crippen molar-refractivity contribution in [2.75, 3.05) is 10.6 Å². The molecule has 2 aromatic rings. The summed E-state index contributed by atoms with van der Waals surface area (Å²) in [6, 6.07) is 15.7. The van der Waals surface area contributed by atoms with E-state index in [2.05, 4.69) is 26.6 Å². The first-order valence-corrected chi connectivity index (χ1v) is 7.22. The van der Waals surface area contributed by atoms with E-state index in [0.717, 1.165) is 4.47 Å². The van der Waals surface area contributed by atoms with Gasteiger partial charge in [0.25, 0.3) is 0 Å². The summed E-state index contributed by atoms with van der Waals surface area (Å²) in [6.45, 7) is 0. The third-order valence-corrected chi connectivity index (χ3v) is 3.24. The van der Waals surface area contributed by atoms with Gasteiger partial charge in [-0.2, -0.15) is 5.26 Å². The quantitative estimate of drug-likeness (QED) is 0.823. The molecular weight excluding hydrogens is 346 g/mol. The van der Waals surface area contributed by atoms with Crippen molar-refractivity contribution < 1.29 is 9.59 Å². The van der Waals surface area contributed by atoms with Crippen molar-refractivity contribution in [1.82, 2.24) is 0 Å². The fourth-order valence-electron chi connectivity index (χ4n) is 1.80. The number of hydrogen-bond acceptors (Lipinski definition) is 3. The van der Waals surface area contributed by atoms with Crippen LogP contribution in [0.2, 0.25) is 0 Å². The summed E-state index contributed by atoms with van der Waals surface area (Å²) in [5.41, 5.74) is 1.35. The zero-order chi connectivity index (χ0) is 15.9. The van der Waals surface area contributed by atoms with E-state index >= 15 is 0 Å². The van der Waals surface area contributed by atoms with Crippen molar-refractivity contribution in [2.45, 2.75) is 6.42 Å². The number of carbonyl (C=O) groups excluding carboxylic acids is 2. The van der Waals surface area contributed by atoms with Gasteiger partial charge >= 0.3 is 0 Å². The number of benzene rings is 2. The number of anilines is 2. The Bertz CT molecular complexity index is 753. The summed E-state index contributed by atoms with van der Waals surface area (Å²) >= 11 is 3.30. The van der Waals surface area contributed by atoms with Gasteiger partial charge < -0.3 is 10.6 Å². The molecule has 0 radical (unpaired) electrons. The van der Waals surface area contributed by atoms with E-state index in [9.17, 15) is 9.59 Å². The van der Waals surface area contributed by atoms with Gasteiger partial charge in [-0.05, 0) is 30.3 Å². The number of nitriles is 1. The van der Waals surface area contributed by atoms with Crippen molar-refractivity contribution in [1.29, 1.82) is 5.26 Å². The van der Waals surface area contributed by atoms with Crippen molar-refractivity contribution >= 4 is 39.1 Å². The van der Waals surface area contributed by atoms with Crippen LogP contribution in [-0.4, -0.2) is 11.8 Å². The summed E-state index contributed by atoms with van der Waals surface area (Å²) in [6.07, 6.45) is -0.327. The van der Waals surface area contributed by atoms with Gasteiger partial charge in [0.05, 0.1) is 11.3 Å². The highest BCUT2D eigenvalue weighted by Crippen LogP contribution is 2.16. The summed E-state index contributed by atoms with van der Waals surface area (Å²) in [4.78, 5) is 23.7. The number of amides is 2. The number of halogens is 1. The normalized spacial score (nSPS) is 9.64. The predicted molar refractivity (Wildman–Crippen MR) is 87.2 cm³/mol. The lowest BCUT2D eigenvalue weighted by Gasteiger charge is -2.08. The van der Waals surface area contributed by atoms with Crippen molar-refractivity contribution in [3.8, 4) is 6.07 Å². The molecule has 2 rings (SSSR count). The van der Waals surface area contributed by atoms with E-state index < -0.39 is 11.8 Å². The third-order valence-electron chi connectivity index (χ3n) is 2.75. The zero-order valence-corrected chi connectivity index (χ0v) is 13.1. The van der Waals surface area contributed by atoms with Crippen molar-refractivity contribution in [3.05, 3.63) is 58.6 Å². The molecular formula is C16H12BrN3O2. The molecule has 0 fully saturated rings. The lowest BCUT2D eigenvalue weighted by Crippen LogP contribution is -2.21. The molecule has 0 unspecified atom stereocenters. The standard InChI is InChI=1S/C16H12BrN3O2/c17-12-5-3-6-13(8-12)19-15(21)9-16(22)20-14-7-2-1-4-11(14)10-18/h1-8H,9H2,(H,19,21)(H,20,22). The average molecular weight is 358 g/mol. The van der Waals surface area contributed by atoms with Gasteiger partial charge in [-0.1, -0.05) is 34.1 Å². The Morgan fingerprint density at radius 2 is 1.77 bits per heavy atom. The first-order chi connectivity index (χ1) is 10.6. The smallest absolute Gasteiger partial charge is 0.233 e. The van der Waals surface area contributed by atoms with E-state index in [-0.39, 0.29) is 6.42 Å². The summed E-state index contributed by atoms with van der Waals surface area (Å²) in [5.74, 6) is -0.903. The zero-order valence-electron chi connectivity index (χ0n) is 11.5. The maximum absolute atomic E-state index is 11.9. The van der Waals surface area contributed by atoms with Crippen molar-refractivity contribution in [3.63, 3.8) is 0 Å². The van der Waals surface area contributed by atoms with E-state index in [1.807, 2.05) is 12.1 Å². The van der Waals surface area contributed by atoms with Gasteiger partial charge in [-0.3, -0.25) is 9.59 Å². The maximum atomic E-state index is 11.9. The Kier molecular flexibility index (Phi) is 5.28. The largest absolute Gasteiger partial charge is 0.326 e. The van der Waals surface area contributed by atoms with Crippen LogP contribution in [0, 0.1) is 11.3 Å². The Labute approximate surface area is 136 Å². The molecule has 0 saturated carbocycles. The van der Waals surface area contributed by atoms with E-state index in [1.165, 1.54) is 0 Å². The Morgan fingerprint density at radius 3 is 2.50 bits per heavy atom. The Hall–Kier alpha value is -2.65. The molecule has 0 aliphatic rings. The van der Waals surface area contributed by atoms with Crippen LogP contribution in [0.3, 0.4) is 0 Å². The van der Waals surface area contributed by atoms with Crippen LogP contribution in [0.4, 0.5) is 11.4 Å². The highest BCUT2D eigenvalue weighted by Gasteiger charge is 2.11.